The number of carbonyl (C=O) groups is 1. The first-order chi connectivity index (χ1) is 10.3. The average molecular weight is 355 g/mol. The molecule has 0 atom stereocenters. The van der Waals surface area contributed by atoms with Gasteiger partial charge >= 0.3 is 6.18 Å². The van der Waals surface area contributed by atoms with E-state index in [0.29, 0.717) is 5.02 Å². The van der Waals surface area contributed by atoms with Crippen LogP contribution in [0.2, 0.25) is 10.0 Å². The zero-order valence-corrected chi connectivity index (χ0v) is 12.1. The number of H-pyrrole nitrogens is 1. The molecule has 118 valence electrons. The van der Waals surface area contributed by atoms with Gasteiger partial charge in [0.2, 0.25) is 11.8 Å². The van der Waals surface area contributed by atoms with Crippen molar-refractivity contribution in [2.24, 2.45) is 0 Å². The fourth-order valence-corrected chi connectivity index (χ4v) is 1.81. The molecule has 0 aliphatic heterocycles. The van der Waals surface area contributed by atoms with Crippen LogP contribution in [-0.4, -0.2) is 27.7 Å². The molecule has 6 nitrogen and oxygen atoms in total. The lowest BCUT2D eigenvalue weighted by Gasteiger charge is -2.07. The molecule has 2 N–H and O–H groups in total. The van der Waals surface area contributed by atoms with Gasteiger partial charge in [-0.25, -0.2) is 0 Å². The van der Waals surface area contributed by atoms with Gasteiger partial charge in [-0.3, -0.25) is 10.1 Å². The van der Waals surface area contributed by atoms with Crippen molar-refractivity contribution in [2.45, 2.75) is 6.18 Å². The molecule has 0 radical (unpaired) electrons. The Bertz CT molecular complexity index is 690. The van der Waals surface area contributed by atoms with Crippen molar-refractivity contribution in [3.63, 3.8) is 0 Å². The second kappa shape index (κ2) is 6.41. The summed E-state index contributed by atoms with van der Waals surface area (Å²) in [4.78, 5) is 13.4. The highest BCUT2D eigenvalue weighted by Gasteiger charge is 2.35. The minimum Gasteiger partial charge on any atom is -0.482 e. The van der Waals surface area contributed by atoms with Crippen molar-refractivity contribution in [1.29, 1.82) is 0 Å². The number of hydrogen-bond acceptors (Lipinski definition) is 4. The van der Waals surface area contributed by atoms with E-state index in [-0.39, 0.29) is 10.8 Å². The highest BCUT2D eigenvalue weighted by atomic mass is 35.5. The van der Waals surface area contributed by atoms with Gasteiger partial charge in [-0.05, 0) is 18.2 Å². The summed E-state index contributed by atoms with van der Waals surface area (Å²) >= 11 is 11.5. The van der Waals surface area contributed by atoms with Crippen LogP contribution in [-0.2, 0) is 11.0 Å². The van der Waals surface area contributed by atoms with E-state index in [2.05, 4.69) is 15.5 Å². The lowest BCUT2D eigenvalue weighted by molar-refractivity contribution is -0.144. The van der Waals surface area contributed by atoms with Gasteiger partial charge in [-0.15, -0.1) is 10.2 Å². The normalized spacial score (nSPS) is 11.3. The fraction of sp³-hybridized carbons (Fsp3) is 0.182. The number of amides is 1. The Hall–Kier alpha value is -2.00. The van der Waals surface area contributed by atoms with Crippen molar-refractivity contribution < 1.29 is 22.7 Å². The maximum atomic E-state index is 12.3. The van der Waals surface area contributed by atoms with Gasteiger partial charge in [-0.2, -0.15) is 13.2 Å². The molecular weight excluding hydrogens is 348 g/mol. The van der Waals surface area contributed by atoms with Gasteiger partial charge in [0.25, 0.3) is 5.91 Å². The second-order valence-electron chi connectivity index (χ2n) is 3.93. The van der Waals surface area contributed by atoms with E-state index in [0.717, 1.165) is 0 Å². The molecule has 0 aliphatic carbocycles. The quantitative estimate of drug-likeness (QED) is 0.883. The SMILES string of the molecule is O=C(COc1ccc(Cl)cc1Cl)Nc1nnc(C(F)(F)F)[nH]1. The molecule has 0 spiro atoms. The lowest BCUT2D eigenvalue weighted by Crippen LogP contribution is -2.21. The summed E-state index contributed by atoms with van der Waals surface area (Å²) in [6.07, 6.45) is -4.68. The number of alkyl halides is 3. The number of benzene rings is 1. The van der Waals surface area contributed by atoms with Crippen LogP contribution in [0, 0.1) is 0 Å². The van der Waals surface area contributed by atoms with Crippen molar-refractivity contribution in [2.75, 3.05) is 11.9 Å². The van der Waals surface area contributed by atoms with E-state index in [1.165, 1.54) is 18.2 Å². The number of rotatable bonds is 4. The Kier molecular flexibility index (Phi) is 4.77. The Morgan fingerprint density at radius 3 is 2.64 bits per heavy atom. The average Bonchev–Trinajstić information content (AvgIpc) is 2.86. The molecule has 2 aromatic rings. The molecule has 0 fully saturated rings. The first-order valence-corrected chi connectivity index (χ1v) is 6.39. The summed E-state index contributed by atoms with van der Waals surface area (Å²) in [6.45, 7) is -0.483. The van der Waals surface area contributed by atoms with E-state index >= 15 is 0 Å². The summed E-state index contributed by atoms with van der Waals surface area (Å²) in [5.41, 5.74) is 0. The molecule has 1 aromatic heterocycles. The minimum atomic E-state index is -4.68. The van der Waals surface area contributed by atoms with Crippen LogP contribution in [0.4, 0.5) is 19.1 Å². The van der Waals surface area contributed by atoms with Gasteiger partial charge in [-0.1, -0.05) is 23.2 Å². The maximum absolute atomic E-state index is 12.3. The first-order valence-electron chi connectivity index (χ1n) is 5.63. The number of aromatic nitrogens is 3. The number of aromatic amines is 1. The Morgan fingerprint density at radius 2 is 2.05 bits per heavy atom. The number of nitrogens with one attached hydrogen (secondary N) is 2. The van der Waals surface area contributed by atoms with E-state index < -0.39 is 30.5 Å². The lowest BCUT2D eigenvalue weighted by atomic mass is 10.3. The number of ether oxygens (including phenoxy) is 1. The molecular formula is C11H7Cl2F3N4O2. The van der Waals surface area contributed by atoms with Crippen molar-refractivity contribution in [3.8, 4) is 5.75 Å². The predicted octanol–water partition coefficient (Wildman–Crippen LogP) is 3.15. The van der Waals surface area contributed by atoms with Gasteiger partial charge in [0, 0.05) is 5.02 Å². The summed E-state index contributed by atoms with van der Waals surface area (Å²) < 4.78 is 42.0. The second-order valence-corrected chi connectivity index (χ2v) is 4.78. The maximum Gasteiger partial charge on any atom is 0.451 e. The molecule has 0 aliphatic rings. The summed E-state index contributed by atoms with van der Waals surface area (Å²) in [5, 5.41) is 8.67. The van der Waals surface area contributed by atoms with Gasteiger partial charge < -0.3 is 9.72 Å². The van der Waals surface area contributed by atoms with Crippen LogP contribution >= 0.6 is 23.2 Å². The molecule has 1 amide bonds. The highest BCUT2D eigenvalue weighted by molar-refractivity contribution is 6.35. The number of hydrogen-bond donors (Lipinski definition) is 2. The van der Waals surface area contributed by atoms with Crippen LogP contribution in [0.1, 0.15) is 5.82 Å². The summed E-state index contributed by atoms with van der Waals surface area (Å²) in [7, 11) is 0. The molecule has 0 unspecified atom stereocenters. The number of anilines is 1. The van der Waals surface area contributed by atoms with Crippen molar-refractivity contribution in [3.05, 3.63) is 34.1 Å². The monoisotopic (exact) mass is 354 g/mol. The first kappa shape index (κ1) is 16.4. The fourth-order valence-electron chi connectivity index (χ4n) is 1.35. The van der Waals surface area contributed by atoms with Gasteiger partial charge in [0.15, 0.2) is 6.61 Å². The van der Waals surface area contributed by atoms with Gasteiger partial charge in [0.05, 0.1) is 5.02 Å². The molecule has 0 bridgehead atoms. The Labute approximate surface area is 131 Å². The van der Waals surface area contributed by atoms with Crippen LogP contribution in [0.5, 0.6) is 5.75 Å². The van der Waals surface area contributed by atoms with E-state index in [1.807, 2.05) is 4.98 Å². The van der Waals surface area contributed by atoms with E-state index in [4.69, 9.17) is 27.9 Å². The van der Waals surface area contributed by atoms with Crippen molar-refractivity contribution in [1.82, 2.24) is 15.2 Å². The molecule has 11 heteroatoms. The smallest absolute Gasteiger partial charge is 0.451 e. The zero-order chi connectivity index (χ0) is 16.3. The largest absolute Gasteiger partial charge is 0.482 e. The topological polar surface area (TPSA) is 79.9 Å². The standard InChI is InChI=1S/C11H7Cl2F3N4O2/c12-5-1-2-7(6(13)3-5)22-4-8(21)17-10-18-9(19-20-10)11(14,15)16/h1-3H,4H2,(H2,17,18,19,20,21). The molecule has 0 saturated heterocycles. The van der Waals surface area contributed by atoms with Crippen molar-refractivity contribution >= 4 is 35.1 Å². The van der Waals surface area contributed by atoms with Crippen LogP contribution in [0.25, 0.3) is 0 Å². The molecule has 2 rings (SSSR count). The highest BCUT2D eigenvalue weighted by Crippen LogP contribution is 2.28. The molecule has 0 saturated carbocycles. The van der Waals surface area contributed by atoms with E-state index in [1.54, 1.807) is 0 Å². The van der Waals surface area contributed by atoms with E-state index in [9.17, 15) is 18.0 Å². The number of nitrogens with zero attached hydrogens (tertiary/aromatic N) is 2. The van der Waals surface area contributed by atoms with Gasteiger partial charge in [0.1, 0.15) is 5.75 Å². The summed E-state index contributed by atoms with van der Waals surface area (Å²) in [5.74, 6) is -2.29. The van der Waals surface area contributed by atoms with Crippen LogP contribution in [0.15, 0.2) is 18.2 Å². The Morgan fingerprint density at radius 1 is 1.32 bits per heavy atom. The third kappa shape index (κ3) is 4.25. The third-order valence-corrected chi connectivity index (χ3v) is 2.80. The third-order valence-electron chi connectivity index (χ3n) is 2.27. The van der Waals surface area contributed by atoms with Crippen LogP contribution < -0.4 is 10.1 Å². The molecule has 1 aromatic carbocycles. The number of carbonyl (C=O) groups excluding carboxylic acids is 1. The zero-order valence-electron chi connectivity index (χ0n) is 10.5. The molecule has 22 heavy (non-hydrogen) atoms. The van der Waals surface area contributed by atoms with Crippen LogP contribution in [0.3, 0.4) is 0 Å². The molecule has 1 heterocycles. The number of halogens is 5. The predicted molar refractivity (Wildman–Crippen MR) is 72.0 cm³/mol. The Balaban J connectivity index is 1.92. The summed E-state index contributed by atoms with van der Waals surface area (Å²) in [6, 6.07) is 4.38. The minimum absolute atomic E-state index is 0.194.